The Labute approximate surface area is 184 Å². The van der Waals surface area contributed by atoms with Gasteiger partial charge in [0.15, 0.2) is 8.32 Å². The van der Waals surface area contributed by atoms with Crippen LogP contribution in [0, 0.1) is 0 Å². The topological polar surface area (TPSA) is 15.7 Å². The fourth-order valence-corrected chi connectivity index (χ4v) is 6.07. The van der Waals surface area contributed by atoms with Gasteiger partial charge < -0.3 is 9.33 Å². The predicted molar refractivity (Wildman–Crippen MR) is 132 cm³/mol. The summed E-state index contributed by atoms with van der Waals surface area (Å²) in [5.74, 6) is 0. The van der Waals surface area contributed by atoms with Gasteiger partial charge in [-0.3, -0.25) is 4.90 Å². The molecule has 0 spiro atoms. The molecule has 2 aromatic carbocycles. The summed E-state index contributed by atoms with van der Waals surface area (Å²) in [5, 5.41) is 2.98. The first-order valence-electron chi connectivity index (χ1n) is 11.9. The Morgan fingerprint density at radius 3 is 2.37 bits per heavy atom. The van der Waals surface area contributed by atoms with Gasteiger partial charge in [-0.05, 0) is 53.9 Å². The number of hydrogen-bond donors (Lipinski definition) is 0. The van der Waals surface area contributed by atoms with Crippen molar-refractivity contribution in [3.05, 3.63) is 42.5 Å². The van der Waals surface area contributed by atoms with Gasteiger partial charge in [0.25, 0.3) is 0 Å². The first-order valence-corrected chi connectivity index (χ1v) is 14.8. The van der Waals surface area contributed by atoms with Crippen molar-refractivity contribution >= 4 is 24.8 Å². The molecule has 1 aliphatic carbocycles. The highest BCUT2D eigenvalue weighted by Gasteiger charge is 2.40. The van der Waals surface area contributed by atoms with Crippen molar-refractivity contribution in [2.45, 2.75) is 76.7 Å². The number of anilines is 1. The molecule has 2 atom stereocenters. The van der Waals surface area contributed by atoms with Crippen LogP contribution < -0.4 is 4.90 Å². The first kappa shape index (κ1) is 21.9. The monoisotopic (exact) mass is 424 g/mol. The average Bonchev–Trinajstić information content (AvgIpc) is 2.72. The number of hydrogen-bond acceptors (Lipinski definition) is 3. The van der Waals surface area contributed by atoms with Crippen molar-refractivity contribution in [1.29, 1.82) is 0 Å². The molecule has 1 aliphatic heterocycles. The fraction of sp³-hybridized carbons (Fsp3) is 0.615. The molecule has 2 aliphatic rings. The van der Waals surface area contributed by atoms with Crippen molar-refractivity contribution < 1.29 is 4.43 Å². The third-order valence-corrected chi connectivity index (χ3v) is 12.4. The maximum atomic E-state index is 6.52. The van der Waals surface area contributed by atoms with Crippen LogP contribution in [0.2, 0.25) is 18.1 Å². The second kappa shape index (κ2) is 8.64. The number of rotatable bonds is 5. The molecule has 1 saturated heterocycles. The minimum Gasteiger partial charge on any atom is -0.416 e. The Hall–Kier alpha value is -1.36. The van der Waals surface area contributed by atoms with Gasteiger partial charge in [0.05, 0.1) is 0 Å². The highest BCUT2D eigenvalue weighted by molar-refractivity contribution is 6.74. The standard InChI is InChI=1S/C26H40N2OSi/c1-26(2,3)30(4,5)29-19-18-27-16-17-28(25-13-9-8-12-24(25)27)23-15-14-21-10-6-7-11-22(21)20-23/h6-7,10-11,14-15,20,24-25H,8-9,12-13,16-19H2,1-5H3. The van der Waals surface area contributed by atoms with Crippen LogP contribution in [0.5, 0.6) is 0 Å². The van der Waals surface area contributed by atoms with E-state index in [9.17, 15) is 0 Å². The summed E-state index contributed by atoms with van der Waals surface area (Å²) in [7, 11) is -1.66. The summed E-state index contributed by atoms with van der Waals surface area (Å²) in [4.78, 5) is 5.45. The quantitative estimate of drug-likeness (QED) is 0.524. The van der Waals surface area contributed by atoms with E-state index >= 15 is 0 Å². The second-order valence-electron chi connectivity index (χ2n) is 10.8. The number of piperazine rings is 1. The Morgan fingerprint density at radius 1 is 0.933 bits per heavy atom. The number of nitrogens with zero attached hydrogens (tertiary/aromatic N) is 2. The van der Waals surface area contributed by atoms with Crippen molar-refractivity contribution in [1.82, 2.24) is 4.90 Å². The van der Waals surface area contributed by atoms with Gasteiger partial charge in [-0.1, -0.05) is 63.9 Å². The maximum Gasteiger partial charge on any atom is 0.192 e. The molecule has 30 heavy (non-hydrogen) atoms. The molecule has 1 heterocycles. The van der Waals surface area contributed by atoms with Gasteiger partial charge in [0, 0.05) is 44.0 Å². The Morgan fingerprint density at radius 2 is 1.63 bits per heavy atom. The van der Waals surface area contributed by atoms with Gasteiger partial charge in [-0.25, -0.2) is 0 Å². The zero-order valence-electron chi connectivity index (χ0n) is 19.7. The molecule has 2 aromatic rings. The molecule has 2 fully saturated rings. The predicted octanol–water partition coefficient (Wildman–Crippen LogP) is 6.29. The van der Waals surface area contributed by atoms with Crippen LogP contribution in [0.25, 0.3) is 10.8 Å². The smallest absolute Gasteiger partial charge is 0.192 e. The van der Waals surface area contributed by atoms with E-state index in [1.807, 2.05) is 0 Å². The SMILES string of the molecule is CC(C)(C)[Si](C)(C)OCCN1CCN(c2ccc3ccccc3c2)C2CCCCC21. The van der Waals surface area contributed by atoms with Crippen molar-refractivity contribution in [3.8, 4) is 0 Å². The Kier molecular flexibility index (Phi) is 6.29. The molecule has 2 unspecified atom stereocenters. The van der Waals surface area contributed by atoms with E-state index in [0.717, 1.165) is 26.2 Å². The van der Waals surface area contributed by atoms with Crippen LogP contribution in [0.1, 0.15) is 46.5 Å². The average molecular weight is 425 g/mol. The molecule has 3 nitrogen and oxygen atoms in total. The van der Waals surface area contributed by atoms with Gasteiger partial charge >= 0.3 is 0 Å². The van der Waals surface area contributed by atoms with E-state index in [2.05, 4.69) is 86.1 Å². The number of benzene rings is 2. The lowest BCUT2D eigenvalue weighted by Crippen LogP contribution is -2.61. The largest absolute Gasteiger partial charge is 0.416 e. The summed E-state index contributed by atoms with van der Waals surface area (Å²) < 4.78 is 6.52. The molecular formula is C26H40N2OSi. The van der Waals surface area contributed by atoms with Crippen molar-refractivity contribution in [3.63, 3.8) is 0 Å². The van der Waals surface area contributed by atoms with Crippen LogP contribution in [-0.2, 0) is 4.43 Å². The summed E-state index contributed by atoms with van der Waals surface area (Å²) in [6.45, 7) is 16.0. The van der Waals surface area contributed by atoms with E-state index in [0.29, 0.717) is 12.1 Å². The van der Waals surface area contributed by atoms with Gasteiger partial charge in [0.2, 0.25) is 0 Å². The van der Waals surface area contributed by atoms with Crippen LogP contribution in [0.3, 0.4) is 0 Å². The minimum atomic E-state index is -1.66. The van der Waals surface area contributed by atoms with Crippen molar-refractivity contribution in [2.75, 3.05) is 31.1 Å². The Balaban J connectivity index is 1.45. The van der Waals surface area contributed by atoms with Gasteiger partial charge in [-0.15, -0.1) is 0 Å². The van der Waals surface area contributed by atoms with E-state index in [1.54, 1.807) is 0 Å². The van der Waals surface area contributed by atoms with E-state index in [-0.39, 0.29) is 5.04 Å². The lowest BCUT2D eigenvalue weighted by Gasteiger charge is -2.51. The molecule has 4 heteroatoms. The highest BCUT2D eigenvalue weighted by atomic mass is 28.4. The summed E-state index contributed by atoms with van der Waals surface area (Å²) >= 11 is 0. The fourth-order valence-electron chi connectivity index (χ4n) is 5.04. The summed E-state index contributed by atoms with van der Waals surface area (Å²) in [6, 6.07) is 17.1. The van der Waals surface area contributed by atoms with E-state index in [1.165, 1.54) is 42.1 Å². The van der Waals surface area contributed by atoms with Gasteiger partial charge in [0.1, 0.15) is 0 Å². The second-order valence-corrected chi connectivity index (χ2v) is 15.6. The molecule has 0 aromatic heterocycles. The minimum absolute atomic E-state index is 0.287. The summed E-state index contributed by atoms with van der Waals surface area (Å²) in [5.41, 5.74) is 1.41. The highest BCUT2D eigenvalue weighted by Crippen LogP contribution is 2.37. The molecule has 0 amide bonds. The molecule has 0 radical (unpaired) electrons. The molecule has 1 saturated carbocycles. The van der Waals surface area contributed by atoms with Crippen molar-refractivity contribution in [2.24, 2.45) is 0 Å². The maximum absolute atomic E-state index is 6.52. The third-order valence-electron chi connectivity index (χ3n) is 7.90. The summed E-state index contributed by atoms with van der Waals surface area (Å²) in [6.07, 6.45) is 5.37. The molecule has 0 bridgehead atoms. The lowest BCUT2D eigenvalue weighted by molar-refractivity contribution is 0.0885. The molecule has 164 valence electrons. The van der Waals surface area contributed by atoms with Gasteiger partial charge in [-0.2, -0.15) is 0 Å². The van der Waals surface area contributed by atoms with E-state index in [4.69, 9.17) is 4.43 Å². The molecular weight excluding hydrogens is 384 g/mol. The first-order chi connectivity index (χ1) is 14.3. The lowest BCUT2D eigenvalue weighted by atomic mass is 9.86. The zero-order valence-corrected chi connectivity index (χ0v) is 20.7. The Bertz CT molecular complexity index is 859. The van der Waals surface area contributed by atoms with Crippen LogP contribution >= 0.6 is 0 Å². The number of fused-ring (bicyclic) bond motifs is 2. The van der Waals surface area contributed by atoms with Crippen LogP contribution in [-0.4, -0.2) is 51.5 Å². The normalized spacial score (nSPS) is 23.6. The molecule has 4 rings (SSSR count). The van der Waals surface area contributed by atoms with E-state index < -0.39 is 8.32 Å². The van der Waals surface area contributed by atoms with Crippen LogP contribution in [0.4, 0.5) is 5.69 Å². The van der Waals surface area contributed by atoms with Crippen LogP contribution in [0.15, 0.2) is 42.5 Å². The molecule has 0 N–H and O–H groups in total. The zero-order chi connectivity index (χ0) is 21.4. The third kappa shape index (κ3) is 4.46.